The van der Waals surface area contributed by atoms with Gasteiger partial charge in [-0.3, -0.25) is 23.7 Å². The number of halogens is 1. The number of hydrogen-bond donors (Lipinski definition) is 3. The lowest BCUT2D eigenvalue weighted by Crippen LogP contribution is -2.43. The van der Waals surface area contributed by atoms with Crippen molar-refractivity contribution in [1.82, 2.24) is 14.6 Å². The standard InChI is InChI=1S/C20H25FN3O9P/c1-12(17(27)30-3)23-34(29,33-13-7-5-4-6-8-13)31-11-14-16(26)20(2,21)18(32-14)24-10-9-15(25)22-19(24)28/h4-10,12,14,16,18,26H,11H2,1-3H3,(H,23,29)(H,22,25,28)/t12-,14+,16-,18+,20+,34?/m0/s1. The van der Waals surface area contributed by atoms with Crippen molar-refractivity contribution in [2.45, 2.75) is 44.0 Å². The normalized spacial score (nSPS) is 27.0. The van der Waals surface area contributed by atoms with Gasteiger partial charge in [0.05, 0.1) is 13.7 Å². The quantitative estimate of drug-likeness (QED) is 0.333. The lowest BCUT2D eigenvalue weighted by Gasteiger charge is -2.25. The molecular formula is C20H25FN3O9P. The molecule has 2 aromatic rings. The smallest absolute Gasteiger partial charge is 0.459 e. The van der Waals surface area contributed by atoms with Crippen LogP contribution in [0.4, 0.5) is 4.39 Å². The van der Waals surface area contributed by atoms with Crippen LogP contribution in [-0.4, -0.2) is 58.3 Å². The molecule has 0 amide bonds. The molecule has 6 atom stereocenters. The number of alkyl halides is 1. The fourth-order valence-electron chi connectivity index (χ4n) is 3.31. The fraction of sp³-hybridized carbons (Fsp3) is 0.450. The Morgan fingerprint density at radius 2 is 2.03 bits per heavy atom. The highest BCUT2D eigenvalue weighted by atomic mass is 31.2. The molecule has 1 aliphatic heterocycles. The summed E-state index contributed by atoms with van der Waals surface area (Å²) in [5, 5.41) is 12.9. The summed E-state index contributed by atoms with van der Waals surface area (Å²) in [6.07, 6.45) is -3.78. The predicted octanol–water partition coefficient (Wildman–Crippen LogP) is 0.878. The topological polar surface area (TPSA) is 158 Å². The number of ether oxygens (including phenoxy) is 2. The number of carbonyl (C=O) groups excluding carboxylic acids is 1. The van der Waals surface area contributed by atoms with Crippen LogP contribution in [0.5, 0.6) is 5.75 Å². The Morgan fingerprint density at radius 3 is 2.65 bits per heavy atom. The van der Waals surface area contributed by atoms with Gasteiger partial charge in [-0.05, 0) is 26.0 Å². The molecule has 3 rings (SSSR count). The van der Waals surface area contributed by atoms with Crippen molar-refractivity contribution in [3.63, 3.8) is 0 Å². The molecule has 34 heavy (non-hydrogen) atoms. The zero-order valence-electron chi connectivity index (χ0n) is 18.5. The third kappa shape index (κ3) is 5.62. The van der Waals surface area contributed by atoms with E-state index in [2.05, 4.69) is 9.82 Å². The van der Waals surface area contributed by atoms with Gasteiger partial charge in [-0.1, -0.05) is 18.2 Å². The Balaban J connectivity index is 1.80. The Morgan fingerprint density at radius 1 is 1.35 bits per heavy atom. The summed E-state index contributed by atoms with van der Waals surface area (Å²) in [6.45, 7) is 1.74. The summed E-state index contributed by atoms with van der Waals surface area (Å²) in [7, 11) is -3.13. The molecular weight excluding hydrogens is 476 g/mol. The number of aliphatic hydroxyl groups is 1. The highest BCUT2D eigenvalue weighted by Crippen LogP contribution is 2.47. The molecule has 0 spiro atoms. The van der Waals surface area contributed by atoms with Gasteiger partial charge in [0.25, 0.3) is 5.56 Å². The molecule has 0 radical (unpaired) electrons. The third-order valence-corrected chi connectivity index (χ3v) is 6.75. The number of nitrogens with one attached hydrogen (secondary N) is 2. The van der Waals surface area contributed by atoms with Crippen LogP contribution in [0.25, 0.3) is 0 Å². The van der Waals surface area contributed by atoms with Gasteiger partial charge in [0, 0.05) is 12.3 Å². The van der Waals surface area contributed by atoms with E-state index in [1.165, 1.54) is 19.1 Å². The molecule has 1 fully saturated rings. The van der Waals surface area contributed by atoms with E-state index < -0.39 is 61.7 Å². The minimum atomic E-state index is -4.27. The first-order chi connectivity index (χ1) is 16.0. The molecule has 3 N–H and O–H groups in total. The largest absolute Gasteiger partial charge is 0.468 e. The lowest BCUT2D eigenvalue weighted by molar-refractivity contribution is -0.142. The summed E-state index contributed by atoms with van der Waals surface area (Å²) in [5.74, 6) is -0.595. The van der Waals surface area contributed by atoms with Gasteiger partial charge < -0.3 is 19.1 Å². The summed E-state index contributed by atoms with van der Waals surface area (Å²) in [5.41, 5.74) is -4.11. The van der Waals surface area contributed by atoms with Gasteiger partial charge in [0.2, 0.25) is 0 Å². The third-order valence-electron chi connectivity index (χ3n) is 5.10. The van der Waals surface area contributed by atoms with Gasteiger partial charge in [-0.25, -0.2) is 13.8 Å². The zero-order chi connectivity index (χ0) is 25.1. The molecule has 1 aromatic carbocycles. The van der Waals surface area contributed by atoms with Crippen LogP contribution < -0.4 is 20.9 Å². The van der Waals surface area contributed by atoms with Crippen molar-refractivity contribution in [2.24, 2.45) is 0 Å². The summed E-state index contributed by atoms with van der Waals surface area (Å²) in [4.78, 5) is 37.2. The number of benzene rings is 1. The number of carbonyl (C=O) groups is 1. The van der Waals surface area contributed by atoms with Crippen molar-refractivity contribution >= 4 is 13.7 Å². The van der Waals surface area contributed by atoms with Gasteiger partial charge in [-0.2, -0.15) is 5.09 Å². The van der Waals surface area contributed by atoms with Crippen LogP contribution in [0.3, 0.4) is 0 Å². The summed E-state index contributed by atoms with van der Waals surface area (Å²) >= 11 is 0. The maximum atomic E-state index is 15.4. The Kier molecular flexibility index (Phi) is 7.74. The Bertz CT molecular complexity index is 1170. The molecule has 12 nitrogen and oxygen atoms in total. The first-order valence-electron chi connectivity index (χ1n) is 10.2. The number of esters is 1. The molecule has 1 saturated heterocycles. The van der Waals surface area contributed by atoms with Gasteiger partial charge in [-0.15, -0.1) is 0 Å². The first-order valence-corrected chi connectivity index (χ1v) is 11.7. The van der Waals surface area contributed by atoms with Crippen LogP contribution in [0.15, 0.2) is 52.2 Å². The van der Waals surface area contributed by atoms with E-state index >= 15 is 4.39 Å². The zero-order valence-corrected chi connectivity index (χ0v) is 19.4. The average molecular weight is 501 g/mol. The molecule has 0 aliphatic carbocycles. The van der Waals surface area contributed by atoms with E-state index in [9.17, 15) is 24.1 Å². The Labute approximate surface area is 193 Å². The second kappa shape index (κ2) is 10.2. The fourth-order valence-corrected chi connectivity index (χ4v) is 4.81. The van der Waals surface area contributed by atoms with E-state index in [4.69, 9.17) is 13.8 Å². The minimum absolute atomic E-state index is 0.149. The van der Waals surface area contributed by atoms with Gasteiger partial charge in [0.15, 0.2) is 11.9 Å². The SMILES string of the molecule is COC(=O)[C@H](C)NP(=O)(OC[C@H]1O[C@@H](n2ccc(=O)[nH]c2=O)[C@](C)(F)[C@H]1O)Oc1ccccc1. The second-order valence-corrected chi connectivity index (χ2v) is 9.41. The number of hydrogen-bond acceptors (Lipinski definition) is 9. The highest BCUT2D eigenvalue weighted by Gasteiger charge is 2.55. The maximum absolute atomic E-state index is 15.4. The van der Waals surface area contributed by atoms with E-state index in [0.717, 1.165) is 30.9 Å². The summed E-state index contributed by atoms with van der Waals surface area (Å²) in [6, 6.07) is 7.83. The molecule has 0 saturated carbocycles. The molecule has 1 aliphatic rings. The van der Waals surface area contributed by atoms with Crippen LogP contribution in [0, 0.1) is 0 Å². The molecule has 14 heteroatoms. The van der Waals surface area contributed by atoms with Crippen molar-refractivity contribution in [1.29, 1.82) is 0 Å². The van der Waals surface area contributed by atoms with Crippen LogP contribution in [0.2, 0.25) is 0 Å². The highest BCUT2D eigenvalue weighted by molar-refractivity contribution is 7.52. The van der Waals surface area contributed by atoms with E-state index in [1.807, 2.05) is 4.98 Å². The minimum Gasteiger partial charge on any atom is -0.468 e. The van der Waals surface area contributed by atoms with E-state index in [1.54, 1.807) is 18.2 Å². The number of aromatic amines is 1. The second-order valence-electron chi connectivity index (χ2n) is 7.71. The number of aromatic nitrogens is 2. The van der Waals surface area contributed by atoms with Crippen molar-refractivity contribution in [3.8, 4) is 5.75 Å². The molecule has 186 valence electrons. The van der Waals surface area contributed by atoms with Crippen molar-refractivity contribution in [3.05, 3.63) is 63.4 Å². The Hall–Kier alpha value is -2.83. The van der Waals surface area contributed by atoms with Crippen LogP contribution in [-0.2, 0) is 23.4 Å². The number of aliphatic hydroxyl groups excluding tert-OH is 1. The first kappa shape index (κ1) is 25.8. The number of rotatable bonds is 9. The van der Waals surface area contributed by atoms with Crippen LogP contribution >= 0.6 is 7.75 Å². The number of H-pyrrole nitrogens is 1. The lowest BCUT2D eigenvalue weighted by atomic mass is 9.98. The van der Waals surface area contributed by atoms with Crippen LogP contribution in [0.1, 0.15) is 20.1 Å². The number of nitrogens with zero attached hydrogens (tertiary/aromatic N) is 1. The molecule has 0 bridgehead atoms. The molecule has 1 aromatic heterocycles. The average Bonchev–Trinajstić information content (AvgIpc) is 3.01. The van der Waals surface area contributed by atoms with E-state index in [0.29, 0.717) is 0 Å². The molecule has 2 heterocycles. The monoisotopic (exact) mass is 501 g/mol. The van der Waals surface area contributed by atoms with Crippen molar-refractivity contribution in [2.75, 3.05) is 13.7 Å². The predicted molar refractivity (Wildman–Crippen MR) is 116 cm³/mol. The number of para-hydroxylation sites is 1. The maximum Gasteiger partial charge on any atom is 0.459 e. The summed E-state index contributed by atoms with van der Waals surface area (Å²) < 4.78 is 50.5. The van der Waals surface area contributed by atoms with Gasteiger partial charge >= 0.3 is 19.4 Å². The van der Waals surface area contributed by atoms with E-state index in [-0.39, 0.29) is 5.75 Å². The number of methoxy groups -OCH3 is 1. The van der Waals surface area contributed by atoms with Gasteiger partial charge in [0.1, 0.15) is 24.0 Å². The molecule has 1 unspecified atom stereocenters. The van der Waals surface area contributed by atoms with Crippen molar-refractivity contribution < 1.29 is 37.4 Å².